The van der Waals surface area contributed by atoms with Gasteiger partial charge in [0.2, 0.25) is 10.0 Å². The van der Waals surface area contributed by atoms with Crippen LogP contribution in [0.4, 0.5) is 10.1 Å². The Hall–Kier alpha value is -1.42. The van der Waals surface area contributed by atoms with Gasteiger partial charge in [-0.3, -0.25) is 9.52 Å². The van der Waals surface area contributed by atoms with Crippen molar-refractivity contribution in [1.82, 2.24) is 10.6 Å². The number of halogens is 2. The van der Waals surface area contributed by atoms with Crippen LogP contribution in [0.1, 0.15) is 23.2 Å². The van der Waals surface area contributed by atoms with Crippen LogP contribution in [-0.4, -0.2) is 53.9 Å². The largest absolute Gasteiger partial charge is 0.384 e. The standard InChI is InChI=1S/C16H24FN3O4S.ClH/c1-24-11-16(5-7-18-8-6-16)10-19-15(21)12-3-4-13(17)14(9-12)20-25(2,22)23;/h3-4,9,18,20H,5-8,10-11H2,1-2H3,(H,19,21);1H. The summed E-state index contributed by atoms with van der Waals surface area (Å²) in [6, 6.07) is 3.58. The smallest absolute Gasteiger partial charge is 0.251 e. The molecule has 1 fully saturated rings. The highest BCUT2D eigenvalue weighted by Gasteiger charge is 2.32. The molecular formula is C16H25ClFN3O4S. The van der Waals surface area contributed by atoms with E-state index in [4.69, 9.17) is 4.74 Å². The molecule has 1 heterocycles. The van der Waals surface area contributed by atoms with Gasteiger partial charge in [-0.1, -0.05) is 0 Å². The molecule has 0 aliphatic carbocycles. The zero-order chi connectivity index (χ0) is 18.5. The number of hydrogen-bond donors (Lipinski definition) is 3. The quantitative estimate of drug-likeness (QED) is 0.632. The molecule has 0 saturated carbocycles. The summed E-state index contributed by atoms with van der Waals surface area (Å²) < 4.78 is 43.7. The first kappa shape index (κ1) is 22.6. The first-order chi connectivity index (χ1) is 11.7. The van der Waals surface area contributed by atoms with Crippen molar-refractivity contribution in [2.75, 3.05) is 44.3 Å². The lowest BCUT2D eigenvalue weighted by atomic mass is 9.79. The minimum atomic E-state index is -3.63. The van der Waals surface area contributed by atoms with E-state index in [-0.39, 0.29) is 35.0 Å². The average molecular weight is 410 g/mol. The second kappa shape index (κ2) is 9.50. The molecule has 1 aliphatic heterocycles. The van der Waals surface area contributed by atoms with E-state index in [2.05, 4.69) is 15.4 Å². The van der Waals surface area contributed by atoms with Crippen molar-refractivity contribution in [3.05, 3.63) is 29.6 Å². The van der Waals surface area contributed by atoms with Gasteiger partial charge in [-0.2, -0.15) is 0 Å². The number of ether oxygens (including phenoxy) is 1. The Morgan fingerprint density at radius 1 is 1.35 bits per heavy atom. The number of carbonyl (C=O) groups excluding carboxylic acids is 1. The van der Waals surface area contributed by atoms with Crippen molar-refractivity contribution < 1.29 is 22.3 Å². The van der Waals surface area contributed by atoms with Crippen LogP contribution in [0.15, 0.2) is 18.2 Å². The van der Waals surface area contributed by atoms with Gasteiger partial charge in [0.1, 0.15) is 5.82 Å². The summed E-state index contributed by atoms with van der Waals surface area (Å²) in [4.78, 5) is 12.4. The molecule has 0 radical (unpaired) electrons. The molecule has 7 nitrogen and oxygen atoms in total. The fourth-order valence-electron chi connectivity index (χ4n) is 2.95. The van der Waals surface area contributed by atoms with Gasteiger partial charge >= 0.3 is 0 Å². The molecule has 0 aromatic heterocycles. The van der Waals surface area contributed by atoms with Crippen LogP contribution < -0.4 is 15.4 Å². The highest BCUT2D eigenvalue weighted by Crippen LogP contribution is 2.28. The van der Waals surface area contributed by atoms with E-state index in [9.17, 15) is 17.6 Å². The molecule has 0 spiro atoms. The highest BCUT2D eigenvalue weighted by atomic mass is 35.5. The molecule has 1 saturated heterocycles. The number of benzene rings is 1. The Kier molecular flexibility index (Phi) is 8.26. The topological polar surface area (TPSA) is 96.5 Å². The SMILES string of the molecule is COCC1(CNC(=O)c2ccc(F)c(NS(C)(=O)=O)c2)CCNCC1.Cl. The molecular weight excluding hydrogens is 385 g/mol. The second-order valence-electron chi connectivity index (χ2n) is 6.43. The number of hydrogen-bond acceptors (Lipinski definition) is 5. The lowest BCUT2D eigenvalue weighted by molar-refractivity contribution is 0.0512. The van der Waals surface area contributed by atoms with Crippen LogP contribution in [0.3, 0.4) is 0 Å². The molecule has 3 N–H and O–H groups in total. The third-order valence-corrected chi connectivity index (χ3v) is 4.85. The van der Waals surface area contributed by atoms with Gasteiger partial charge in [-0.05, 0) is 44.1 Å². The zero-order valence-corrected chi connectivity index (χ0v) is 16.4. The molecule has 2 rings (SSSR count). The van der Waals surface area contributed by atoms with Crippen molar-refractivity contribution in [2.24, 2.45) is 5.41 Å². The molecule has 0 atom stereocenters. The van der Waals surface area contributed by atoms with E-state index < -0.39 is 15.8 Å². The monoisotopic (exact) mass is 409 g/mol. The summed E-state index contributed by atoms with van der Waals surface area (Å²) in [5.41, 5.74) is -0.193. The summed E-state index contributed by atoms with van der Waals surface area (Å²) in [5.74, 6) is -1.12. The third-order valence-electron chi connectivity index (χ3n) is 4.26. The van der Waals surface area contributed by atoms with Gasteiger partial charge < -0.3 is 15.4 Å². The number of anilines is 1. The van der Waals surface area contributed by atoms with Crippen molar-refractivity contribution in [3.8, 4) is 0 Å². The Morgan fingerprint density at radius 3 is 2.58 bits per heavy atom. The van der Waals surface area contributed by atoms with E-state index in [0.717, 1.165) is 38.3 Å². The Balaban J connectivity index is 0.00000338. The van der Waals surface area contributed by atoms with Crippen LogP contribution in [0.2, 0.25) is 0 Å². The van der Waals surface area contributed by atoms with Gasteiger partial charge in [0.15, 0.2) is 0 Å². The molecule has 1 aromatic rings. The summed E-state index contributed by atoms with van der Waals surface area (Å²) in [6.45, 7) is 2.70. The van der Waals surface area contributed by atoms with E-state index in [0.29, 0.717) is 13.2 Å². The minimum absolute atomic E-state index is 0. The summed E-state index contributed by atoms with van der Waals surface area (Å²) in [5, 5.41) is 6.14. The van der Waals surface area contributed by atoms with Crippen LogP contribution in [0.5, 0.6) is 0 Å². The molecule has 1 aromatic carbocycles. The molecule has 0 bridgehead atoms. The van der Waals surface area contributed by atoms with Gasteiger partial charge in [0.25, 0.3) is 5.91 Å². The average Bonchev–Trinajstić information content (AvgIpc) is 2.55. The molecule has 10 heteroatoms. The number of rotatable bonds is 7. The molecule has 1 amide bonds. The van der Waals surface area contributed by atoms with E-state index in [1.165, 1.54) is 12.1 Å². The first-order valence-corrected chi connectivity index (χ1v) is 9.89. The lowest BCUT2D eigenvalue weighted by Crippen LogP contribution is -2.47. The van der Waals surface area contributed by atoms with Crippen molar-refractivity contribution >= 4 is 34.0 Å². The predicted molar refractivity (Wildman–Crippen MR) is 101 cm³/mol. The van der Waals surface area contributed by atoms with E-state index in [1.54, 1.807) is 7.11 Å². The normalized spacial score (nSPS) is 16.4. The van der Waals surface area contributed by atoms with Gasteiger partial charge in [-0.25, -0.2) is 12.8 Å². The first-order valence-electron chi connectivity index (χ1n) is 8.00. The van der Waals surface area contributed by atoms with Crippen molar-refractivity contribution in [3.63, 3.8) is 0 Å². The van der Waals surface area contributed by atoms with E-state index in [1.807, 2.05) is 0 Å². The van der Waals surface area contributed by atoms with Gasteiger partial charge in [0, 0.05) is 24.6 Å². The number of amides is 1. The Morgan fingerprint density at radius 2 is 2.00 bits per heavy atom. The molecule has 148 valence electrons. The summed E-state index contributed by atoms with van der Waals surface area (Å²) >= 11 is 0. The third kappa shape index (κ3) is 6.39. The Bertz CT molecular complexity index is 719. The zero-order valence-electron chi connectivity index (χ0n) is 14.8. The summed E-state index contributed by atoms with van der Waals surface area (Å²) in [6.07, 6.45) is 2.68. The fraction of sp³-hybridized carbons (Fsp3) is 0.562. The van der Waals surface area contributed by atoms with Gasteiger partial charge in [-0.15, -0.1) is 12.4 Å². The number of sulfonamides is 1. The number of methoxy groups -OCH3 is 1. The molecule has 1 aliphatic rings. The van der Waals surface area contributed by atoms with Crippen LogP contribution in [0, 0.1) is 11.2 Å². The van der Waals surface area contributed by atoms with Crippen LogP contribution in [-0.2, 0) is 14.8 Å². The van der Waals surface area contributed by atoms with E-state index >= 15 is 0 Å². The van der Waals surface area contributed by atoms with Gasteiger partial charge in [0.05, 0.1) is 18.6 Å². The fourth-order valence-corrected chi connectivity index (χ4v) is 3.51. The maximum atomic E-state index is 13.7. The van der Waals surface area contributed by atoms with Crippen LogP contribution in [0.25, 0.3) is 0 Å². The lowest BCUT2D eigenvalue weighted by Gasteiger charge is -2.37. The minimum Gasteiger partial charge on any atom is -0.384 e. The Labute approximate surface area is 159 Å². The van der Waals surface area contributed by atoms with Crippen LogP contribution >= 0.6 is 12.4 Å². The maximum Gasteiger partial charge on any atom is 0.251 e. The highest BCUT2D eigenvalue weighted by molar-refractivity contribution is 7.92. The molecule has 0 unspecified atom stereocenters. The predicted octanol–water partition coefficient (Wildman–Crippen LogP) is 1.36. The maximum absolute atomic E-state index is 13.7. The van der Waals surface area contributed by atoms with Crippen molar-refractivity contribution in [2.45, 2.75) is 12.8 Å². The number of nitrogens with one attached hydrogen (secondary N) is 3. The number of carbonyl (C=O) groups is 1. The molecule has 26 heavy (non-hydrogen) atoms. The second-order valence-corrected chi connectivity index (χ2v) is 8.18. The summed E-state index contributed by atoms with van der Waals surface area (Å²) in [7, 11) is -2.00. The van der Waals surface area contributed by atoms with Crippen molar-refractivity contribution in [1.29, 1.82) is 0 Å². The number of piperidine rings is 1.